The first kappa shape index (κ1) is 19.8. The molecule has 3 aromatic rings. The van der Waals surface area contributed by atoms with Crippen molar-refractivity contribution in [2.24, 2.45) is 0 Å². The molecule has 0 bridgehead atoms. The molecule has 0 radical (unpaired) electrons. The van der Waals surface area contributed by atoms with Gasteiger partial charge in [0.15, 0.2) is 0 Å². The Hall–Kier alpha value is -2.51. The number of halogens is 2. The molecule has 0 atom stereocenters. The highest BCUT2D eigenvalue weighted by Gasteiger charge is 2.22. The van der Waals surface area contributed by atoms with Gasteiger partial charge in [-0.2, -0.15) is 4.37 Å². The zero-order valence-corrected chi connectivity index (χ0v) is 17.3. The number of anilines is 1. The number of amides is 1. The third kappa shape index (κ3) is 4.92. The van der Waals surface area contributed by atoms with Gasteiger partial charge in [-0.1, -0.05) is 23.7 Å². The molecule has 0 saturated carbocycles. The van der Waals surface area contributed by atoms with E-state index in [0.717, 1.165) is 29.5 Å². The van der Waals surface area contributed by atoms with Gasteiger partial charge in [-0.25, -0.2) is 9.37 Å². The Labute approximate surface area is 177 Å². The van der Waals surface area contributed by atoms with Crippen LogP contribution in [0.25, 0.3) is 0 Å². The molecule has 8 heteroatoms. The molecule has 4 rings (SSSR count). The summed E-state index contributed by atoms with van der Waals surface area (Å²) in [5.41, 5.74) is 1.63. The van der Waals surface area contributed by atoms with Crippen LogP contribution in [0.2, 0.25) is 5.02 Å². The Kier molecular flexibility index (Phi) is 6.06. The van der Waals surface area contributed by atoms with E-state index in [1.807, 2.05) is 4.90 Å². The minimum Gasteiger partial charge on any atom is -0.345 e. The van der Waals surface area contributed by atoms with Crippen LogP contribution < -0.4 is 4.90 Å². The maximum atomic E-state index is 13.1. The van der Waals surface area contributed by atoms with E-state index in [9.17, 15) is 9.18 Å². The SMILES string of the molecule is O=C(c1ccc(Cl)cc1)N1CCCN(c2nc(Cc3ccc(F)cc3)ns2)CC1. The number of nitrogens with zero attached hydrogens (tertiary/aromatic N) is 4. The molecule has 1 amide bonds. The van der Waals surface area contributed by atoms with E-state index < -0.39 is 0 Å². The van der Waals surface area contributed by atoms with E-state index in [4.69, 9.17) is 11.6 Å². The van der Waals surface area contributed by atoms with Gasteiger partial charge >= 0.3 is 0 Å². The van der Waals surface area contributed by atoms with Gasteiger partial charge in [0.25, 0.3) is 5.91 Å². The molecule has 0 aliphatic carbocycles. The van der Waals surface area contributed by atoms with Crippen molar-refractivity contribution in [3.05, 3.63) is 76.3 Å². The maximum Gasteiger partial charge on any atom is 0.253 e. The number of aromatic nitrogens is 2. The lowest BCUT2D eigenvalue weighted by molar-refractivity contribution is 0.0767. The molecule has 1 aliphatic heterocycles. The first-order chi connectivity index (χ1) is 14.1. The monoisotopic (exact) mass is 430 g/mol. The van der Waals surface area contributed by atoms with Crippen LogP contribution in [0.15, 0.2) is 48.5 Å². The highest BCUT2D eigenvalue weighted by atomic mass is 35.5. The summed E-state index contributed by atoms with van der Waals surface area (Å²) in [6, 6.07) is 13.4. The third-order valence-electron chi connectivity index (χ3n) is 4.88. The van der Waals surface area contributed by atoms with Crippen molar-refractivity contribution >= 4 is 34.2 Å². The van der Waals surface area contributed by atoms with Crippen molar-refractivity contribution in [2.45, 2.75) is 12.8 Å². The minimum atomic E-state index is -0.247. The van der Waals surface area contributed by atoms with Crippen LogP contribution in [0.5, 0.6) is 0 Å². The second kappa shape index (κ2) is 8.88. The molecular formula is C21H20ClFN4OS. The minimum absolute atomic E-state index is 0.0257. The van der Waals surface area contributed by atoms with E-state index in [-0.39, 0.29) is 11.7 Å². The van der Waals surface area contributed by atoms with Crippen LogP contribution in [-0.2, 0) is 6.42 Å². The standard InChI is InChI=1S/C21H20ClFN4OS/c22-17-6-4-16(5-7-17)20(28)26-10-1-11-27(13-12-26)21-24-19(25-29-21)14-15-2-8-18(23)9-3-15/h2-9H,1,10-14H2. The molecule has 1 aliphatic rings. The van der Waals surface area contributed by atoms with Crippen molar-refractivity contribution in [1.29, 1.82) is 0 Å². The quantitative estimate of drug-likeness (QED) is 0.620. The average Bonchev–Trinajstić information content (AvgIpc) is 3.04. The lowest BCUT2D eigenvalue weighted by Crippen LogP contribution is -2.35. The van der Waals surface area contributed by atoms with Crippen LogP contribution in [0.4, 0.5) is 9.52 Å². The van der Waals surface area contributed by atoms with Gasteiger partial charge < -0.3 is 9.80 Å². The van der Waals surface area contributed by atoms with Crippen LogP contribution in [0.1, 0.15) is 28.2 Å². The number of carbonyl (C=O) groups excluding carboxylic acids is 1. The summed E-state index contributed by atoms with van der Waals surface area (Å²) < 4.78 is 17.5. The Balaban J connectivity index is 1.38. The maximum absolute atomic E-state index is 13.1. The summed E-state index contributed by atoms with van der Waals surface area (Å²) in [5, 5.41) is 1.49. The predicted molar refractivity (Wildman–Crippen MR) is 113 cm³/mol. The molecule has 0 N–H and O–H groups in total. The molecule has 2 heterocycles. The van der Waals surface area contributed by atoms with Crippen LogP contribution in [0, 0.1) is 5.82 Å². The molecule has 1 fully saturated rings. The van der Waals surface area contributed by atoms with Gasteiger partial charge in [-0.15, -0.1) is 0 Å². The van der Waals surface area contributed by atoms with Gasteiger partial charge in [0.1, 0.15) is 11.6 Å². The molecule has 0 unspecified atom stereocenters. The van der Waals surface area contributed by atoms with E-state index in [2.05, 4.69) is 14.3 Å². The molecule has 29 heavy (non-hydrogen) atoms. The zero-order chi connectivity index (χ0) is 20.2. The fourth-order valence-electron chi connectivity index (χ4n) is 3.32. The van der Waals surface area contributed by atoms with E-state index >= 15 is 0 Å². The van der Waals surface area contributed by atoms with Gasteiger partial charge in [-0.05, 0) is 48.4 Å². The number of rotatable bonds is 4. The van der Waals surface area contributed by atoms with E-state index in [1.165, 1.54) is 23.7 Å². The average molecular weight is 431 g/mol. The van der Waals surface area contributed by atoms with E-state index in [0.29, 0.717) is 36.6 Å². The summed E-state index contributed by atoms with van der Waals surface area (Å²) in [6.07, 6.45) is 1.44. The van der Waals surface area contributed by atoms with Crippen LogP contribution in [0.3, 0.4) is 0 Å². The van der Waals surface area contributed by atoms with Gasteiger partial charge in [0.05, 0.1) is 0 Å². The summed E-state index contributed by atoms with van der Waals surface area (Å²) in [6.45, 7) is 2.88. The third-order valence-corrected chi connectivity index (χ3v) is 5.94. The lowest BCUT2D eigenvalue weighted by Gasteiger charge is -2.21. The van der Waals surface area contributed by atoms with Crippen LogP contribution >= 0.6 is 23.1 Å². The fourth-order valence-corrected chi connectivity index (χ4v) is 4.18. The normalized spacial score (nSPS) is 14.7. The van der Waals surface area contributed by atoms with Crippen molar-refractivity contribution in [2.75, 3.05) is 31.1 Å². The van der Waals surface area contributed by atoms with Gasteiger partial charge in [0.2, 0.25) is 5.13 Å². The second-order valence-corrected chi connectivity index (χ2v) is 8.10. The highest BCUT2D eigenvalue weighted by molar-refractivity contribution is 7.09. The molecule has 5 nitrogen and oxygen atoms in total. The molecule has 1 aromatic heterocycles. The van der Waals surface area contributed by atoms with E-state index in [1.54, 1.807) is 36.4 Å². The largest absolute Gasteiger partial charge is 0.345 e. The van der Waals surface area contributed by atoms with Crippen molar-refractivity contribution in [3.8, 4) is 0 Å². The van der Waals surface area contributed by atoms with Crippen LogP contribution in [-0.4, -0.2) is 46.3 Å². The zero-order valence-electron chi connectivity index (χ0n) is 15.7. The number of benzene rings is 2. The first-order valence-electron chi connectivity index (χ1n) is 9.45. The van der Waals surface area contributed by atoms with Gasteiger partial charge in [0, 0.05) is 54.7 Å². The van der Waals surface area contributed by atoms with Crippen molar-refractivity contribution < 1.29 is 9.18 Å². The molecular weight excluding hydrogens is 411 g/mol. The topological polar surface area (TPSA) is 49.3 Å². The summed E-state index contributed by atoms with van der Waals surface area (Å²) in [7, 11) is 0. The Morgan fingerprint density at radius 3 is 2.55 bits per heavy atom. The Morgan fingerprint density at radius 2 is 1.79 bits per heavy atom. The van der Waals surface area contributed by atoms with Gasteiger partial charge in [-0.3, -0.25) is 4.79 Å². The Morgan fingerprint density at radius 1 is 1.03 bits per heavy atom. The van der Waals surface area contributed by atoms with Crippen molar-refractivity contribution in [3.63, 3.8) is 0 Å². The second-order valence-electron chi connectivity index (χ2n) is 6.94. The summed E-state index contributed by atoms with van der Waals surface area (Å²) in [4.78, 5) is 21.5. The summed E-state index contributed by atoms with van der Waals surface area (Å²) >= 11 is 7.28. The smallest absolute Gasteiger partial charge is 0.253 e. The Bertz CT molecular complexity index is 977. The fraction of sp³-hybridized carbons (Fsp3) is 0.286. The summed E-state index contributed by atoms with van der Waals surface area (Å²) in [5.74, 6) is 0.510. The molecule has 1 saturated heterocycles. The predicted octanol–water partition coefficient (Wildman–Crippen LogP) is 4.27. The number of carbonyl (C=O) groups is 1. The highest BCUT2D eigenvalue weighted by Crippen LogP contribution is 2.21. The van der Waals surface area contributed by atoms with Crippen molar-refractivity contribution in [1.82, 2.24) is 14.3 Å². The number of hydrogen-bond acceptors (Lipinski definition) is 5. The molecule has 2 aromatic carbocycles. The number of hydrogen-bond donors (Lipinski definition) is 0. The first-order valence-corrected chi connectivity index (χ1v) is 10.6. The molecule has 150 valence electrons. The lowest BCUT2D eigenvalue weighted by atomic mass is 10.1. The molecule has 0 spiro atoms.